The van der Waals surface area contributed by atoms with Crippen LogP contribution in [0.2, 0.25) is 0 Å². The molecule has 0 radical (unpaired) electrons. The number of nitrogens with zero attached hydrogens (tertiary/aromatic N) is 2. The van der Waals surface area contributed by atoms with Gasteiger partial charge in [0.05, 0.1) is 11.8 Å². The van der Waals surface area contributed by atoms with Crippen molar-refractivity contribution in [3.8, 4) is 6.07 Å². The van der Waals surface area contributed by atoms with E-state index >= 15 is 0 Å². The first-order valence-electron chi connectivity index (χ1n) is 8.03. The summed E-state index contributed by atoms with van der Waals surface area (Å²) in [5.41, 5.74) is 4.11. The molecule has 132 valence electrons. The van der Waals surface area contributed by atoms with Crippen LogP contribution in [0.1, 0.15) is 34.4 Å². The Labute approximate surface area is 153 Å². The van der Waals surface area contributed by atoms with E-state index in [1.54, 1.807) is 0 Å². The van der Waals surface area contributed by atoms with Crippen molar-refractivity contribution in [3.05, 3.63) is 51.7 Å². The number of amides is 2. The lowest BCUT2D eigenvalue weighted by atomic mass is 9.96. The fourth-order valence-corrected chi connectivity index (χ4v) is 3.93. The first-order valence-corrected chi connectivity index (χ1v) is 8.84. The summed E-state index contributed by atoms with van der Waals surface area (Å²) in [6.45, 7) is 0. The van der Waals surface area contributed by atoms with Crippen LogP contribution in [-0.4, -0.2) is 18.0 Å². The van der Waals surface area contributed by atoms with Gasteiger partial charge in [-0.25, -0.2) is 9.82 Å². The Hall–Kier alpha value is -3.05. The van der Waals surface area contributed by atoms with E-state index in [0.717, 1.165) is 36.1 Å². The zero-order valence-corrected chi connectivity index (χ0v) is 14.5. The summed E-state index contributed by atoms with van der Waals surface area (Å²) in [5, 5.41) is 15.9. The molecule has 1 heterocycles. The molecule has 8 heteroatoms. The number of benzene rings is 1. The number of nitriles is 1. The molecule has 0 spiro atoms. The van der Waals surface area contributed by atoms with Crippen LogP contribution >= 0.6 is 11.3 Å². The first kappa shape index (κ1) is 17.8. The predicted molar refractivity (Wildman–Crippen MR) is 96.4 cm³/mol. The molecule has 0 saturated carbocycles. The van der Waals surface area contributed by atoms with Crippen LogP contribution in [-0.2, 0) is 22.4 Å². The molecule has 0 saturated heterocycles. The van der Waals surface area contributed by atoms with Crippen LogP contribution in [0.5, 0.6) is 0 Å². The molecule has 0 fully saturated rings. The van der Waals surface area contributed by atoms with Gasteiger partial charge in [-0.15, -0.1) is 11.3 Å². The van der Waals surface area contributed by atoms with Crippen LogP contribution in [0.15, 0.2) is 29.4 Å². The van der Waals surface area contributed by atoms with E-state index in [1.807, 2.05) is 0 Å². The summed E-state index contributed by atoms with van der Waals surface area (Å²) >= 11 is 1.35. The normalized spacial score (nSPS) is 13.1. The summed E-state index contributed by atoms with van der Waals surface area (Å²) in [5.74, 6) is -2.22. The van der Waals surface area contributed by atoms with Crippen LogP contribution in [0.4, 0.5) is 9.39 Å². The Morgan fingerprint density at radius 1 is 1.19 bits per heavy atom. The number of thiophene rings is 1. The zero-order valence-electron chi connectivity index (χ0n) is 13.7. The molecule has 2 N–H and O–H groups in total. The minimum absolute atomic E-state index is 0.377. The number of carbonyl (C=O) groups excluding carboxylic acids is 2. The molecule has 0 atom stereocenters. The Kier molecular flexibility index (Phi) is 5.39. The van der Waals surface area contributed by atoms with E-state index in [9.17, 15) is 19.2 Å². The third-order valence-corrected chi connectivity index (χ3v) is 5.17. The van der Waals surface area contributed by atoms with Crippen molar-refractivity contribution in [2.24, 2.45) is 5.10 Å². The van der Waals surface area contributed by atoms with E-state index in [1.165, 1.54) is 41.8 Å². The predicted octanol–water partition coefficient (Wildman–Crippen LogP) is 2.73. The largest absolute Gasteiger partial charge is 0.329 e. The van der Waals surface area contributed by atoms with E-state index < -0.39 is 11.8 Å². The van der Waals surface area contributed by atoms with Crippen molar-refractivity contribution in [1.29, 1.82) is 5.26 Å². The van der Waals surface area contributed by atoms with Gasteiger partial charge < -0.3 is 5.32 Å². The highest BCUT2D eigenvalue weighted by molar-refractivity contribution is 7.16. The quantitative estimate of drug-likeness (QED) is 0.494. The van der Waals surface area contributed by atoms with Crippen LogP contribution in [0, 0.1) is 17.1 Å². The van der Waals surface area contributed by atoms with Crippen molar-refractivity contribution in [3.63, 3.8) is 0 Å². The highest BCUT2D eigenvalue weighted by Crippen LogP contribution is 2.37. The maximum atomic E-state index is 12.8. The number of aryl methyl sites for hydroxylation is 1. The Balaban J connectivity index is 1.63. The van der Waals surface area contributed by atoms with Crippen LogP contribution < -0.4 is 10.7 Å². The number of nitrogens with one attached hydrogen (secondary N) is 2. The van der Waals surface area contributed by atoms with Gasteiger partial charge in [-0.05, 0) is 48.9 Å². The summed E-state index contributed by atoms with van der Waals surface area (Å²) in [6, 6.07) is 7.62. The van der Waals surface area contributed by atoms with Crippen molar-refractivity contribution >= 4 is 34.4 Å². The van der Waals surface area contributed by atoms with Gasteiger partial charge in [0.15, 0.2) is 0 Å². The van der Waals surface area contributed by atoms with Gasteiger partial charge in [0.2, 0.25) is 0 Å². The second-order valence-electron chi connectivity index (χ2n) is 5.73. The zero-order chi connectivity index (χ0) is 18.5. The van der Waals surface area contributed by atoms with E-state index in [4.69, 9.17) is 0 Å². The molecule has 1 aromatic heterocycles. The molecule has 1 aliphatic carbocycles. The van der Waals surface area contributed by atoms with Crippen molar-refractivity contribution in [2.45, 2.75) is 25.7 Å². The summed E-state index contributed by atoms with van der Waals surface area (Å²) in [6.07, 6.45) is 5.08. The van der Waals surface area contributed by atoms with Gasteiger partial charge in [0.25, 0.3) is 0 Å². The van der Waals surface area contributed by atoms with Crippen molar-refractivity contribution < 1.29 is 14.0 Å². The number of carbonyl (C=O) groups is 2. The lowest BCUT2D eigenvalue weighted by Gasteiger charge is -2.09. The smallest absolute Gasteiger partial charge is 0.308 e. The van der Waals surface area contributed by atoms with Crippen LogP contribution in [0.3, 0.4) is 0 Å². The third kappa shape index (κ3) is 3.95. The second kappa shape index (κ2) is 7.89. The third-order valence-electron chi connectivity index (χ3n) is 3.97. The maximum Gasteiger partial charge on any atom is 0.329 e. The summed E-state index contributed by atoms with van der Waals surface area (Å²) in [4.78, 5) is 25.0. The molecular formula is C18H15FN4O2S. The summed E-state index contributed by atoms with van der Waals surface area (Å²) in [7, 11) is 0. The number of fused-ring (bicyclic) bond motifs is 1. The van der Waals surface area contributed by atoms with Crippen molar-refractivity contribution in [1.82, 2.24) is 5.43 Å². The molecule has 0 aliphatic heterocycles. The molecule has 0 unspecified atom stereocenters. The molecule has 2 amide bonds. The monoisotopic (exact) mass is 370 g/mol. The number of anilines is 1. The first-order chi connectivity index (χ1) is 12.6. The Morgan fingerprint density at radius 3 is 2.65 bits per heavy atom. The fourth-order valence-electron chi connectivity index (χ4n) is 2.70. The lowest BCUT2D eigenvalue weighted by molar-refractivity contribution is -0.136. The Morgan fingerprint density at radius 2 is 1.92 bits per heavy atom. The number of hydrazone groups is 1. The van der Waals surface area contributed by atoms with E-state index in [-0.39, 0.29) is 5.82 Å². The molecule has 6 nitrogen and oxygen atoms in total. The van der Waals surface area contributed by atoms with Gasteiger partial charge in [-0.2, -0.15) is 10.4 Å². The number of halogens is 1. The number of hydrogen-bond donors (Lipinski definition) is 2. The van der Waals surface area contributed by atoms with Gasteiger partial charge in [0.1, 0.15) is 16.9 Å². The van der Waals surface area contributed by atoms with Crippen LogP contribution in [0.25, 0.3) is 0 Å². The van der Waals surface area contributed by atoms with E-state index in [2.05, 4.69) is 21.9 Å². The maximum absolute atomic E-state index is 12.8. The number of hydrogen-bond acceptors (Lipinski definition) is 5. The molecule has 26 heavy (non-hydrogen) atoms. The highest BCUT2D eigenvalue weighted by Gasteiger charge is 2.23. The van der Waals surface area contributed by atoms with Crippen molar-refractivity contribution in [2.75, 3.05) is 5.32 Å². The SMILES string of the molecule is N#Cc1c(NC(=O)C(=O)NN=Cc2ccc(F)cc2)sc2c1CCCC2. The molecule has 2 aromatic rings. The van der Waals surface area contributed by atoms with Gasteiger partial charge >= 0.3 is 11.8 Å². The molecule has 1 aromatic carbocycles. The van der Waals surface area contributed by atoms with Gasteiger partial charge in [-0.1, -0.05) is 12.1 Å². The molecule has 3 rings (SSSR count). The van der Waals surface area contributed by atoms with E-state index in [0.29, 0.717) is 16.1 Å². The molecule has 0 bridgehead atoms. The molecular weight excluding hydrogens is 355 g/mol. The standard InChI is InChI=1S/C18H15FN4O2S/c19-12-7-5-11(6-8-12)10-21-23-17(25)16(24)22-18-14(9-20)13-3-1-2-4-15(13)26-18/h5-8,10H,1-4H2,(H,22,24)(H,23,25). The second-order valence-corrected chi connectivity index (χ2v) is 6.84. The lowest BCUT2D eigenvalue weighted by Crippen LogP contribution is -2.32. The minimum Gasteiger partial charge on any atom is -0.308 e. The number of rotatable bonds is 3. The topological polar surface area (TPSA) is 94.4 Å². The average Bonchev–Trinajstić information content (AvgIpc) is 3.00. The highest BCUT2D eigenvalue weighted by atomic mass is 32.1. The molecule has 1 aliphatic rings. The summed E-state index contributed by atoms with van der Waals surface area (Å²) < 4.78 is 12.8. The average molecular weight is 370 g/mol. The Bertz CT molecular complexity index is 913. The minimum atomic E-state index is -0.946. The van der Waals surface area contributed by atoms with Gasteiger partial charge in [0, 0.05) is 4.88 Å². The van der Waals surface area contributed by atoms with Gasteiger partial charge in [-0.3, -0.25) is 9.59 Å². The fraction of sp³-hybridized carbons (Fsp3) is 0.222.